The van der Waals surface area contributed by atoms with E-state index in [2.05, 4.69) is 43.0 Å². The van der Waals surface area contributed by atoms with Crippen molar-refractivity contribution in [2.45, 2.75) is 33.7 Å². The summed E-state index contributed by atoms with van der Waals surface area (Å²) in [5.41, 5.74) is 1.00. The highest BCUT2D eigenvalue weighted by atomic mass is 16.5. The number of likely N-dealkylation sites (tertiary alicyclic amines) is 1. The fourth-order valence-corrected chi connectivity index (χ4v) is 2.90. The van der Waals surface area contributed by atoms with Gasteiger partial charge >= 0.3 is 5.97 Å². The van der Waals surface area contributed by atoms with Crippen molar-refractivity contribution in [2.24, 2.45) is 11.3 Å². The molecule has 1 aromatic rings. The van der Waals surface area contributed by atoms with Gasteiger partial charge in [0.1, 0.15) is 0 Å². The molecule has 0 N–H and O–H groups in total. The van der Waals surface area contributed by atoms with Gasteiger partial charge in [-0.1, -0.05) is 37.3 Å². The summed E-state index contributed by atoms with van der Waals surface area (Å²) in [4.78, 5) is 14.6. The van der Waals surface area contributed by atoms with Crippen LogP contribution in [0.1, 0.15) is 32.8 Å². The molecule has 2 rings (SSSR count). The second kappa shape index (κ2) is 6.40. The van der Waals surface area contributed by atoms with Gasteiger partial charge in [0.25, 0.3) is 0 Å². The molecule has 1 fully saturated rings. The summed E-state index contributed by atoms with van der Waals surface area (Å²) in [7, 11) is 0. The van der Waals surface area contributed by atoms with Crippen LogP contribution in [0.2, 0.25) is 0 Å². The second-order valence-electron chi connectivity index (χ2n) is 6.01. The minimum atomic E-state index is -0.330. The Morgan fingerprint density at radius 1 is 1.40 bits per heavy atom. The number of hydrogen-bond donors (Lipinski definition) is 0. The molecule has 1 aliphatic rings. The predicted octanol–water partition coefficient (Wildman–Crippen LogP) is 3.10. The molecule has 1 aromatic carbocycles. The molecule has 110 valence electrons. The zero-order valence-corrected chi connectivity index (χ0v) is 12.8. The molecule has 0 saturated carbocycles. The summed E-state index contributed by atoms with van der Waals surface area (Å²) in [5, 5.41) is 0. The van der Waals surface area contributed by atoms with E-state index in [0.29, 0.717) is 12.5 Å². The van der Waals surface area contributed by atoms with Gasteiger partial charge in [-0.25, -0.2) is 0 Å². The molecule has 0 aliphatic carbocycles. The van der Waals surface area contributed by atoms with Crippen LogP contribution in [-0.4, -0.2) is 30.6 Å². The van der Waals surface area contributed by atoms with Crippen LogP contribution in [0.15, 0.2) is 30.3 Å². The zero-order chi connectivity index (χ0) is 14.6. The van der Waals surface area contributed by atoms with Crippen molar-refractivity contribution in [2.75, 3.05) is 19.7 Å². The SMILES string of the molecule is CCOC(=O)C1(C)CCN(Cc2ccccc2)CC1C. The molecule has 1 saturated heterocycles. The molecule has 3 heteroatoms. The second-order valence-corrected chi connectivity index (χ2v) is 6.01. The Morgan fingerprint density at radius 2 is 2.10 bits per heavy atom. The number of hydrogen-bond acceptors (Lipinski definition) is 3. The van der Waals surface area contributed by atoms with Crippen LogP contribution >= 0.6 is 0 Å². The normalized spacial score (nSPS) is 27.2. The minimum Gasteiger partial charge on any atom is -0.466 e. The molecule has 2 atom stereocenters. The van der Waals surface area contributed by atoms with Crippen molar-refractivity contribution in [3.05, 3.63) is 35.9 Å². The van der Waals surface area contributed by atoms with Crippen LogP contribution in [0.25, 0.3) is 0 Å². The van der Waals surface area contributed by atoms with Gasteiger partial charge in [-0.2, -0.15) is 0 Å². The van der Waals surface area contributed by atoms with E-state index in [4.69, 9.17) is 4.74 Å². The van der Waals surface area contributed by atoms with Crippen LogP contribution in [0.5, 0.6) is 0 Å². The maximum absolute atomic E-state index is 12.2. The van der Waals surface area contributed by atoms with E-state index >= 15 is 0 Å². The first-order valence-electron chi connectivity index (χ1n) is 7.49. The Hall–Kier alpha value is -1.35. The number of piperidine rings is 1. The molecular formula is C17H25NO2. The van der Waals surface area contributed by atoms with E-state index in [1.54, 1.807) is 0 Å². The summed E-state index contributed by atoms with van der Waals surface area (Å²) in [6.45, 7) is 9.41. The van der Waals surface area contributed by atoms with Crippen molar-refractivity contribution >= 4 is 5.97 Å². The molecule has 20 heavy (non-hydrogen) atoms. The van der Waals surface area contributed by atoms with E-state index < -0.39 is 0 Å². The van der Waals surface area contributed by atoms with Crippen LogP contribution in [0, 0.1) is 11.3 Å². The fraction of sp³-hybridized carbons (Fsp3) is 0.588. The Kier molecular flexibility index (Phi) is 4.81. The molecule has 1 heterocycles. The summed E-state index contributed by atoms with van der Waals surface area (Å²) in [6, 6.07) is 10.5. The number of nitrogens with zero attached hydrogens (tertiary/aromatic N) is 1. The van der Waals surface area contributed by atoms with Gasteiger partial charge in [-0.3, -0.25) is 9.69 Å². The third-order valence-corrected chi connectivity index (χ3v) is 4.56. The topological polar surface area (TPSA) is 29.5 Å². The number of esters is 1. The Bertz CT molecular complexity index is 446. The summed E-state index contributed by atoms with van der Waals surface area (Å²) in [6.07, 6.45) is 0.875. The first-order chi connectivity index (χ1) is 9.56. The lowest BCUT2D eigenvalue weighted by Gasteiger charge is -2.42. The quantitative estimate of drug-likeness (QED) is 0.791. The summed E-state index contributed by atoms with van der Waals surface area (Å²) in [5.74, 6) is 0.283. The van der Waals surface area contributed by atoms with Crippen LogP contribution in [0.3, 0.4) is 0 Å². The number of rotatable bonds is 4. The third kappa shape index (κ3) is 3.21. The van der Waals surface area contributed by atoms with Gasteiger partial charge in [-0.15, -0.1) is 0 Å². The smallest absolute Gasteiger partial charge is 0.312 e. The maximum atomic E-state index is 12.2. The maximum Gasteiger partial charge on any atom is 0.312 e. The number of benzene rings is 1. The van der Waals surface area contributed by atoms with E-state index in [0.717, 1.165) is 26.1 Å². The lowest BCUT2D eigenvalue weighted by molar-refractivity contribution is -0.161. The Labute approximate surface area is 121 Å². The highest BCUT2D eigenvalue weighted by Crippen LogP contribution is 2.37. The molecule has 0 aromatic heterocycles. The van der Waals surface area contributed by atoms with Crippen molar-refractivity contribution in [1.82, 2.24) is 4.90 Å². The largest absolute Gasteiger partial charge is 0.466 e. The molecule has 0 bridgehead atoms. The third-order valence-electron chi connectivity index (χ3n) is 4.56. The Balaban J connectivity index is 1.97. The van der Waals surface area contributed by atoms with E-state index in [1.807, 2.05) is 13.0 Å². The molecular weight excluding hydrogens is 250 g/mol. The molecule has 0 amide bonds. The van der Waals surface area contributed by atoms with E-state index in [9.17, 15) is 4.79 Å². The fourth-order valence-electron chi connectivity index (χ4n) is 2.90. The van der Waals surface area contributed by atoms with E-state index in [-0.39, 0.29) is 11.4 Å². The number of carbonyl (C=O) groups is 1. The van der Waals surface area contributed by atoms with Crippen molar-refractivity contribution in [3.63, 3.8) is 0 Å². The Morgan fingerprint density at radius 3 is 2.70 bits per heavy atom. The summed E-state index contributed by atoms with van der Waals surface area (Å²) >= 11 is 0. The van der Waals surface area contributed by atoms with Crippen LogP contribution < -0.4 is 0 Å². The van der Waals surface area contributed by atoms with Gasteiger partial charge in [0.15, 0.2) is 0 Å². The predicted molar refractivity (Wildman–Crippen MR) is 80.2 cm³/mol. The zero-order valence-electron chi connectivity index (χ0n) is 12.8. The van der Waals surface area contributed by atoms with Gasteiger partial charge in [0.2, 0.25) is 0 Å². The average molecular weight is 275 g/mol. The van der Waals surface area contributed by atoms with Crippen molar-refractivity contribution in [3.8, 4) is 0 Å². The lowest BCUT2D eigenvalue weighted by Crippen LogP contribution is -2.49. The number of carbonyl (C=O) groups excluding carboxylic acids is 1. The highest BCUT2D eigenvalue weighted by Gasteiger charge is 2.43. The monoisotopic (exact) mass is 275 g/mol. The first kappa shape index (κ1) is 15.0. The summed E-state index contributed by atoms with van der Waals surface area (Å²) < 4.78 is 5.25. The molecule has 0 spiro atoms. The standard InChI is InChI=1S/C17H25NO2/c1-4-20-16(19)17(3)10-11-18(12-14(17)2)13-15-8-6-5-7-9-15/h5-9,14H,4,10-13H2,1-3H3. The first-order valence-corrected chi connectivity index (χ1v) is 7.49. The molecule has 2 unspecified atom stereocenters. The highest BCUT2D eigenvalue weighted by molar-refractivity contribution is 5.77. The lowest BCUT2D eigenvalue weighted by atomic mass is 9.72. The average Bonchev–Trinajstić information content (AvgIpc) is 2.44. The molecule has 3 nitrogen and oxygen atoms in total. The number of ether oxygens (including phenoxy) is 1. The van der Waals surface area contributed by atoms with Gasteiger partial charge in [0, 0.05) is 13.1 Å². The van der Waals surface area contributed by atoms with Crippen molar-refractivity contribution < 1.29 is 9.53 Å². The van der Waals surface area contributed by atoms with Gasteiger partial charge < -0.3 is 4.74 Å². The molecule has 1 aliphatic heterocycles. The van der Waals surface area contributed by atoms with Gasteiger partial charge in [0.05, 0.1) is 12.0 Å². The molecule has 0 radical (unpaired) electrons. The van der Waals surface area contributed by atoms with Crippen LogP contribution in [-0.2, 0) is 16.1 Å². The van der Waals surface area contributed by atoms with E-state index in [1.165, 1.54) is 5.56 Å². The van der Waals surface area contributed by atoms with Crippen molar-refractivity contribution in [1.29, 1.82) is 0 Å². The van der Waals surface area contributed by atoms with Crippen LogP contribution in [0.4, 0.5) is 0 Å². The minimum absolute atomic E-state index is 0.0353. The van der Waals surface area contributed by atoms with Gasteiger partial charge in [-0.05, 0) is 38.3 Å².